The zero-order chi connectivity index (χ0) is 26.8. The van der Waals surface area contributed by atoms with E-state index in [1.54, 1.807) is 27.0 Å². The van der Waals surface area contributed by atoms with E-state index in [9.17, 15) is 22.8 Å². The average Bonchev–Trinajstić information content (AvgIpc) is 3.20. The highest BCUT2D eigenvalue weighted by atomic mass is 32.2. The summed E-state index contributed by atoms with van der Waals surface area (Å²) in [5.74, 6) is -0.911. The number of rotatable bonds is 9. The first kappa shape index (κ1) is 27.2. The molecule has 2 aromatic heterocycles. The summed E-state index contributed by atoms with van der Waals surface area (Å²) in [6.07, 6.45) is 1.88. The minimum atomic E-state index is -3.92. The fraction of sp³-hybridized carbons (Fsp3) is 0.458. The van der Waals surface area contributed by atoms with Crippen LogP contribution in [0.25, 0.3) is 21.8 Å². The summed E-state index contributed by atoms with van der Waals surface area (Å²) in [6.45, 7) is 5.42. The summed E-state index contributed by atoms with van der Waals surface area (Å²) in [5.41, 5.74) is 0.502. The molecule has 0 bridgehead atoms. The number of carboxylic acid groups (broad SMARTS) is 1. The summed E-state index contributed by atoms with van der Waals surface area (Å²) >= 11 is 0. The first-order chi connectivity index (χ1) is 16.7. The van der Waals surface area contributed by atoms with Gasteiger partial charge in [-0.05, 0) is 57.4 Å². The molecule has 1 amide bonds. The first-order valence-electron chi connectivity index (χ1n) is 11.5. The molecule has 2 heterocycles. The molecule has 0 unspecified atom stereocenters. The van der Waals surface area contributed by atoms with Crippen LogP contribution in [-0.2, 0) is 26.0 Å². The van der Waals surface area contributed by atoms with Gasteiger partial charge in [0, 0.05) is 56.1 Å². The Morgan fingerprint density at radius 1 is 1.14 bits per heavy atom. The zero-order valence-electron chi connectivity index (χ0n) is 21.0. The number of aromatic nitrogens is 2. The highest BCUT2D eigenvalue weighted by Gasteiger charge is 2.25. The van der Waals surface area contributed by atoms with Gasteiger partial charge in [-0.1, -0.05) is 0 Å². The number of carbonyl (C=O) groups is 2. The third-order valence-corrected chi connectivity index (χ3v) is 7.55. The van der Waals surface area contributed by atoms with E-state index >= 15 is 0 Å². The molecule has 0 radical (unpaired) electrons. The summed E-state index contributed by atoms with van der Waals surface area (Å²) in [5, 5.41) is 10.1. The van der Waals surface area contributed by atoms with Gasteiger partial charge in [-0.2, -0.15) is 4.31 Å². The molecule has 11 nitrogen and oxygen atoms in total. The lowest BCUT2D eigenvalue weighted by Gasteiger charge is -2.26. The minimum Gasteiger partial charge on any atom is -0.481 e. The molecule has 196 valence electrons. The van der Waals surface area contributed by atoms with E-state index in [0.29, 0.717) is 34.6 Å². The highest BCUT2D eigenvalue weighted by molar-refractivity contribution is 7.89. The van der Waals surface area contributed by atoms with Crippen LogP contribution in [0.5, 0.6) is 0 Å². The Kier molecular flexibility index (Phi) is 7.79. The number of aryl methyl sites for hydroxylation is 1. The highest BCUT2D eigenvalue weighted by Crippen LogP contribution is 2.28. The van der Waals surface area contributed by atoms with Crippen molar-refractivity contribution in [3.05, 3.63) is 40.3 Å². The van der Waals surface area contributed by atoms with Crippen LogP contribution >= 0.6 is 0 Å². The molecular weight excluding hydrogens is 488 g/mol. The summed E-state index contributed by atoms with van der Waals surface area (Å²) in [6, 6.07) is 4.47. The number of aromatic amines is 2. The number of likely N-dealkylation sites (N-methyl/N-ethyl adjacent to an activating group) is 2. The van der Waals surface area contributed by atoms with Gasteiger partial charge < -0.3 is 24.7 Å². The van der Waals surface area contributed by atoms with Gasteiger partial charge in [0.1, 0.15) is 11.1 Å². The van der Waals surface area contributed by atoms with E-state index in [0.717, 1.165) is 9.87 Å². The number of fused-ring (bicyclic) bond motifs is 3. The number of benzene rings is 1. The van der Waals surface area contributed by atoms with E-state index < -0.39 is 27.7 Å². The molecule has 36 heavy (non-hydrogen) atoms. The average molecular weight is 521 g/mol. The largest absolute Gasteiger partial charge is 0.481 e. The molecule has 0 saturated heterocycles. The van der Waals surface area contributed by atoms with Crippen LogP contribution in [0.1, 0.15) is 39.2 Å². The van der Waals surface area contributed by atoms with Crippen LogP contribution in [0.2, 0.25) is 0 Å². The van der Waals surface area contributed by atoms with E-state index in [2.05, 4.69) is 9.97 Å². The fourth-order valence-electron chi connectivity index (χ4n) is 3.78. The maximum absolute atomic E-state index is 13.3. The van der Waals surface area contributed by atoms with Crippen molar-refractivity contribution in [3.63, 3.8) is 0 Å². The van der Waals surface area contributed by atoms with Crippen molar-refractivity contribution in [2.45, 2.75) is 50.5 Å². The second-order valence-electron chi connectivity index (χ2n) is 9.70. The van der Waals surface area contributed by atoms with Crippen molar-refractivity contribution in [3.8, 4) is 0 Å². The van der Waals surface area contributed by atoms with Crippen LogP contribution in [0.3, 0.4) is 0 Å². The lowest BCUT2D eigenvalue weighted by molar-refractivity contribution is -0.137. The molecule has 0 aliphatic heterocycles. The Hall–Kier alpha value is -3.38. The van der Waals surface area contributed by atoms with Crippen LogP contribution < -0.4 is 5.56 Å². The Bertz CT molecular complexity index is 1450. The Morgan fingerprint density at radius 2 is 1.83 bits per heavy atom. The summed E-state index contributed by atoms with van der Waals surface area (Å²) < 4.78 is 33.1. The summed E-state index contributed by atoms with van der Waals surface area (Å²) in [4.78, 5) is 42.6. The molecule has 3 aromatic rings. The molecule has 12 heteroatoms. The maximum atomic E-state index is 13.3. The van der Waals surface area contributed by atoms with Crippen molar-refractivity contribution in [2.75, 3.05) is 27.2 Å². The van der Waals surface area contributed by atoms with E-state index in [1.165, 1.54) is 37.2 Å². The predicted octanol–water partition coefficient (Wildman–Crippen LogP) is 2.90. The first-order valence-corrected chi connectivity index (χ1v) is 12.9. The zero-order valence-corrected chi connectivity index (χ0v) is 21.9. The number of aliphatic carboxylic acids is 1. The van der Waals surface area contributed by atoms with Crippen LogP contribution in [0, 0.1) is 0 Å². The molecular formula is C24H32N4O7S. The lowest BCUT2D eigenvalue weighted by atomic mass is 10.0. The van der Waals surface area contributed by atoms with E-state index in [1.807, 2.05) is 0 Å². The number of H-pyrrole nitrogens is 2. The van der Waals surface area contributed by atoms with E-state index in [-0.39, 0.29) is 30.0 Å². The molecule has 0 fully saturated rings. The van der Waals surface area contributed by atoms with Gasteiger partial charge in [0.2, 0.25) is 10.0 Å². The van der Waals surface area contributed by atoms with Crippen LogP contribution in [-0.4, -0.2) is 77.5 Å². The van der Waals surface area contributed by atoms with Gasteiger partial charge in [0.25, 0.3) is 5.56 Å². The van der Waals surface area contributed by atoms with Gasteiger partial charge in [0.15, 0.2) is 0 Å². The molecule has 0 atom stereocenters. The maximum Gasteiger partial charge on any atom is 0.410 e. The number of sulfonamides is 1. The number of ether oxygens (including phenoxy) is 1. The Balaban J connectivity index is 1.90. The molecule has 1 aromatic carbocycles. The van der Waals surface area contributed by atoms with E-state index in [4.69, 9.17) is 9.84 Å². The van der Waals surface area contributed by atoms with Gasteiger partial charge in [-0.15, -0.1) is 0 Å². The van der Waals surface area contributed by atoms with Gasteiger partial charge >= 0.3 is 12.1 Å². The number of hydrogen-bond acceptors (Lipinski definition) is 6. The third kappa shape index (κ3) is 6.05. The number of pyridine rings is 1. The second-order valence-corrected chi connectivity index (χ2v) is 11.7. The molecule has 0 spiro atoms. The number of amides is 1. The van der Waals surface area contributed by atoms with Crippen molar-refractivity contribution >= 4 is 43.9 Å². The van der Waals surface area contributed by atoms with Gasteiger partial charge in [0.05, 0.1) is 4.90 Å². The number of nitrogens with zero attached hydrogens (tertiary/aromatic N) is 2. The fourth-order valence-corrected chi connectivity index (χ4v) is 4.97. The van der Waals surface area contributed by atoms with Gasteiger partial charge in [-0.25, -0.2) is 13.2 Å². The van der Waals surface area contributed by atoms with Crippen LogP contribution in [0.15, 0.2) is 34.1 Å². The van der Waals surface area contributed by atoms with Crippen molar-refractivity contribution in [1.82, 2.24) is 19.2 Å². The number of carbonyl (C=O) groups excluding carboxylic acids is 1. The number of carboxylic acids is 1. The Morgan fingerprint density at radius 3 is 2.47 bits per heavy atom. The quantitative estimate of drug-likeness (QED) is 0.392. The second kappa shape index (κ2) is 10.3. The van der Waals surface area contributed by atoms with Crippen LogP contribution in [0.4, 0.5) is 4.79 Å². The summed E-state index contributed by atoms with van der Waals surface area (Å²) in [7, 11) is -0.949. The number of hydrogen-bond donors (Lipinski definition) is 3. The topological polar surface area (TPSA) is 153 Å². The lowest BCUT2D eigenvalue weighted by Crippen LogP contribution is -2.39. The van der Waals surface area contributed by atoms with Gasteiger partial charge in [-0.3, -0.25) is 9.59 Å². The molecule has 0 aliphatic rings. The smallest absolute Gasteiger partial charge is 0.410 e. The normalized spacial score (nSPS) is 12.4. The van der Waals surface area contributed by atoms with Crippen molar-refractivity contribution in [2.24, 2.45) is 0 Å². The monoisotopic (exact) mass is 520 g/mol. The Labute approximate surface area is 209 Å². The predicted molar refractivity (Wildman–Crippen MR) is 136 cm³/mol. The molecule has 0 saturated carbocycles. The SMILES string of the molecule is CN(CCN(C)S(=O)(=O)c1ccc2[nH]c(=O)c3[nH]cc(CCCC(=O)O)c3c2c1)C(=O)OC(C)(C)C. The number of nitrogens with one attached hydrogen (secondary N) is 2. The van der Waals surface area contributed by atoms with Crippen molar-refractivity contribution in [1.29, 1.82) is 0 Å². The minimum absolute atomic E-state index is 0.0179. The molecule has 3 rings (SSSR count). The molecule has 0 aliphatic carbocycles. The molecule has 3 N–H and O–H groups in total. The third-order valence-electron chi connectivity index (χ3n) is 5.70. The van der Waals surface area contributed by atoms with Crippen molar-refractivity contribution < 1.29 is 27.9 Å². The standard InChI is InChI=1S/C24H32N4O7S/c1-24(2,3)35-23(32)27(4)11-12-28(5)36(33,34)16-9-10-18-17(13-16)20-15(7-6-8-19(29)30)14-25-21(20)22(31)26-18/h9-10,13-14,25H,6-8,11-12H2,1-5H3,(H,26,31)(H,29,30).